The van der Waals surface area contributed by atoms with Crippen molar-refractivity contribution in [3.05, 3.63) is 22.6 Å². The summed E-state index contributed by atoms with van der Waals surface area (Å²) in [5, 5.41) is 0.824. The zero-order valence-electron chi connectivity index (χ0n) is 12.0. The van der Waals surface area contributed by atoms with Gasteiger partial charge in [-0.05, 0) is 33.6 Å². The van der Waals surface area contributed by atoms with Gasteiger partial charge in [0.2, 0.25) is 0 Å². The van der Waals surface area contributed by atoms with E-state index in [-0.39, 0.29) is 5.91 Å². The highest BCUT2D eigenvalue weighted by Gasteiger charge is 2.30. The Labute approximate surface area is 123 Å². The first-order valence-corrected chi connectivity index (χ1v) is 8.12. The van der Waals surface area contributed by atoms with E-state index in [1.807, 2.05) is 25.7 Å². The van der Waals surface area contributed by atoms with E-state index in [4.69, 9.17) is 4.42 Å². The van der Waals surface area contributed by atoms with E-state index in [9.17, 15) is 4.79 Å². The average Bonchev–Trinajstić information content (AvgIpc) is 2.96. The quantitative estimate of drug-likeness (QED) is 0.783. The largest absolute Gasteiger partial charge is 0.466 e. The maximum atomic E-state index is 12.8. The molecule has 0 atom stereocenters. The number of carbonyl (C=O) groups excluding carboxylic acids is 1. The molecule has 0 aromatic carbocycles. The molecule has 0 N–H and O–H groups in total. The van der Waals surface area contributed by atoms with Gasteiger partial charge in [-0.1, -0.05) is 28.8 Å². The summed E-state index contributed by atoms with van der Waals surface area (Å²) >= 11 is 3.46. The second-order valence-corrected chi connectivity index (χ2v) is 6.13. The molecule has 1 saturated carbocycles. The molecular formula is C15H22BrNO2. The Hall–Kier alpha value is -0.770. The van der Waals surface area contributed by atoms with Crippen LogP contribution in [0.15, 0.2) is 4.42 Å². The van der Waals surface area contributed by atoms with Gasteiger partial charge in [0, 0.05) is 23.5 Å². The molecule has 1 aliphatic carbocycles. The standard InChI is InChI=1S/C15H22BrNO2/c1-10-11(2)19-12(3)14(10)15(18)17(9-8-16)13-6-4-5-7-13/h13H,4-9H2,1-3H3. The third kappa shape index (κ3) is 2.88. The number of furan rings is 1. The molecule has 1 aromatic heterocycles. The maximum absolute atomic E-state index is 12.8. The lowest BCUT2D eigenvalue weighted by molar-refractivity contribution is 0.0694. The molecule has 1 heterocycles. The number of amides is 1. The fourth-order valence-corrected chi connectivity index (χ4v) is 3.39. The van der Waals surface area contributed by atoms with Crippen LogP contribution in [0.2, 0.25) is 0 Å². The van der Waals surface area contributed by atoms with Crippen molar-refractivity contribution < 1.29 is 9.21 Å². The van der Waals surface area contributed by atoms with Crippen LogP contribution in [0.1, 0.15) is 53.1 Å². The lowest BCUT2D eigenvalue weighted by atomic mass is 10.1. The van der Waals surface area contributed by atoms with Gasteiger partial charge in [0.15, 0.2) is 0 Å². The van der Waals surface area contributed by atoms with E-state index >= 15 is 0 Å². The van der Waals surface area contributed by atoms with Gasteiger partial charge >= 0.3 is 0 Å². The number of carbonyl (C=O) groups is 1. The zero-order valence-corrected chi connectivity index (χ0v) is 13.5. The minimum Gasteiger partial charge on any atom is -0.466 e. The van der Waals surface area contributed by atoms with Crippen molar-refractivity contribution in [2.24, 2.45) is 0 Å². The molecule has 1 aliphatic rings. The van der Waals surface area contributed by atoms with E-state index in [0.717, 1.165) is 47.4 Å². The Morgan fingerprint density at radius 2 is 1.89 bits per heavy atom. The fourth-order valence-electron chi connectivity index (χ4n) is 3.01. The highest BCUT2D eigenvalue weighted by molar-refractivity contribution is 9.09. The third-order valence-electron chi connectivity index (χ3n) is 4.13. The molecule has 3 nitrogen and oxygen atoms in total. The van der Waals surface area contributed by atoms with Crippen LogP contribution in [-0.4, -0.2) is 28.7 Å². The molecule has 0 saturated heterocycles. The average molecular weight is 328 g/mol. The number of aryl methyl sites for hydroxylation is 2. The predicted molar refractivity (Wildman–Crippen MR) is 80.0 cm³/mol. The molecule has 1 amide bonds. The van der Waals surface area contributed by atoms with E-state index in [2.05, 4.69) is 15.9 Å². The van der Waals surface area contributed by atoms with Gasteiger partial charge in [-0.2, -0.15) is 0 Å². The molecular weight excluding hydrogens is 306 g/mol. The number of hydrogen-bond donors (Lipinski definition) is 0. The molecule has 0 radical (unpaired) electrons. The van der Waals surface area contributed by atoms with E-state index in [1.54, 1.807) is 0 Å². The second kappa shape index (κ2) is 6.12. The Balaban J connectivity index is 2.28. The van der Waals surface area contributed by atoms with Crippen LogP contribution in [-0.2, 0) is 0 Å². The number of hydrogen-bond acceptors (Lipinski definition) is 2. The first-order valence-electron chi connectivity index (χ1n) is 6.99. The van der Waals surface area contributed by atoms with Crippen LogP contribution < -0.4 is 0 Å². The van der Waals surface area contributed by atoms with Gasteiger partial charge in [0.1, 0.15) is 11.5 Å². The number of halogens is 1. The Morgan fingerprint density at radius 3 is 2.37 bits per heavy atom. The molecule has 2 rings (SSSR count). The predicted octanol–water partition coefficient (Wildman–Crippen LogP) is 3.98. The second-order valence-electron chi connectivity index (χ2n) is 5.34. The molecule has 19 heavy (non-hydrogen) atoms. The Morgan fingerprint density at radius 1 is 1.26 bits per heavy atom. The van der Waals surface area contributed by atoms with Gasteiger partial charge in [-0.15, -0.1) is 0 Å². The molecule has 1 fully saturated rings. The van der Waals surface area contributed by atoms with Crippen molar-refractivity contribution >= 4 is 21.8 Å². The van der Waals surface area contributed by atoms with Crippen LogP contribution in [0.4, 0.5) is 0 Å². The van der Waals surface area contributed by atoms with Gasteiger partial charge in [0.05, 0.1) is 5.56 Å². The number of nitrogens with zero attached hydrogens (tertiary/aromatic N) is 1. The summed E-state index contributed by atoms with van der Waals surface area (Å²) in [5.74, 6) is 1.74. The van der Waals surface area contributed by atoms with Crippen LogP contribution >= 0.6 is 15.9 Å². The minimum atomic E-state index is 0.137. The monoisotopic (exact) mass is 327 g/mol. The summed E-state index contributed by atoms with van der Waals surface area (Å²) < 4.78 is 5.60. The van der Waals surface area contributed by atoms with E-state index in [1.165, 1.54) is 12.8 Å². The van der Waals surface area contributed by atoms with Crippen molar-refractivity contribution in [2.75, 3.05) is 11.9 Å². The highest BCUT2D eigenvalue weighted by Crippen LogP contribution is 2.28. The summed E-state index contributed by atoms with van der Waals surface area (Å²) in [6, 6.07) is 0.402. The molecule has 4 heteroatoms. The van der Waals surface area contributed by atoms with Gasteiger partial charge < -0.3 is 9.32 Å². The van der Waals surface area contributed by atoms with Gasteiger partial charge in [-0.3, -0.25) is 4.79 Å². The van der Waals surface area contributed by atoms with Crippen molar-refractivity contribution in [1.82, 2.24) is 4.90 Å². The van der Waals surface area contributed by atoms with Gasteiger partial charge in [-0.25, -0.2) is 0 Å². The molecule has 0 aliphatic heterocycles. The Bertz CT molecular complexity index is 461. The SMILES string of the molecule is Cc1oc(C)c(C(=O)N(CCBr)C2CCCC2)c1C. The molecule has 0 bridgehead atoms. The lowest BCUT2D eigenvalue weighted by Gasteiger charge is -2.28. The molecule has 1 aromatic rings. The topological polar surface area (TPSA) is 33.5 Å². The summed E-state index contributed by atoms with van der Waals surface area (Å²) in [6.45, 7) is 6.55. The third-order valence-corrected chi connectivity index (χ3v) is 4.48. The summed E-state index contributed by atoms with van der Waals surface area (Å²) in [5.41, 5.74) is 1.76. The summed E-state index contributed by atoms with van der Waals surface area (Å²) in [4.78, 5) is 14.9. The van der Waals surface area contributed by atoms with Crippen molar-refractivity contribution in [3.63, 3.8) is 0 Å². The number of rotatable bonds is 4. The smallest absolute Gasteiger partial charge is 0.257 e. The van der Waals surface area contributed by atoms with Crippen LogP contribution in [0.25, 0.3) is 0 Å². The first kappa shape index (κ1) is 14.6. The van der Waals surface area contributed by atoms with E-state index < -0.39 is 0 Å². The van der Waals surface area contributed by atoms with Crippen molar-refractivity contribution in [2.45, 2.75) is 52.5 Å². The molecule has 0 spiro atoms. The zero-order chi connectivity index (χ0) is 14.0. The molecule has 106 valence electrons. The summed E-state index contributed by atoms with van der Waals surface area (Å²) in [6.07, 6.45) is 4.74. The maximum Gasteiger partial charge on any atom is 0.257 e. The Kier molecular flexibility index (Phi) is 4.71. The highest BCUT2D eigenvalue weighted by atomic mass is 79.9. The van der Waals surface area contributed by atoms with Crippen LogP contribution in [0, 0.1) is 20.8 Å². The van der Waals surface area contributed by atoms with E-state index in [0.29, 0.717) is 6.04 Å². The normalized spacial score (nSPS) is 16.0. The molecule has 0 unspecified atom stereocenters. The van der Waals surface area contributed by atoms with Gasteiger partial charge in [0.25, 0.3) is 5.91 Å². The number of alkyl halides is 1. The van der Waals surface area contributed by atoms with Crippen LogP contribution in [0.5, 0.6) is 0 Å². The van der Waals surface area contributed by atoms with Crippen LogP contribution in [0.3, 0.4) is 0 Å². The summed E-state index contributed by atoms with van der Waals surface area (Å²) in [7, 11) is 0. The van der Waals surface area contributed by atoms with Crippen molar-refractivity contribution in [1.29, 1.82) is 0 Å². The fraction of sp³-hybridized carbons (Fsp3) is 0.667. The first-order chi connectivity index (χ1) is 9.06. The van der Waals surface area contributed by atoms with Crippen molar-refractivity contribution in [3.8, 4) is 0 Å². The minimum absolute atomic E-state index is 0.137. The lowest BCUT2D eigenvalue weighted by Crippen LogP contribution is -2.40.